The van der Waals surface area contributed by atoms with Crippen molar-refractivity contribution in [1.29, 1.82) is 0 Å². The zero-order valence-electron chi connectivity index (χ0n) is 18.7. The molecular weight excluding hydrogens is 482 g/mol. The van der Waals surface area contributed by atoms with E-state index in [1.807, 2.05) is 0 Å². The van der Waals surface area contributed by atoms with E-state index in [0.717, 1.165) is 12.8 Å². The van der Waals surface area contributed by atoms with Gasteiger partial charge in [0.15, 0.2) is 6.04 Å². The largest absolute Gasteiger partial charge is 0.495 e. The Bertz CT molecular complexity index is 1140. The summed E-state index contributed by atoms with van der Waals surface area (Å²) >= 11 is 0. The van der Waals surface area contributed by atoms with E-state index in [9.17, 15) is 18.0 Å². The molecule has 2 heterocycles. The van der Waals surface area contributed by atoms with Gasteiger partial charge in [0.1, 0.15) is 10.6 Å². The first kappa shape index (κ1) is 25.9. The second-order valence-electron chi connectivity index (χ2n) is 8.12. The minimum Gasteiger partial charge on any atom is -0.495 e. The summed E-state index contributed by atoms with van der Waals surface area (Å²) < 4.78 is 34.1. The monoisotopic (exact) mass is 509 g/mol. The predicted octanol–water partition coefficient (Wildman–Crippen LogP) is 0.618. The van der Waals surface area contributed by atoms with Gasteiger partial charge in [-0.2, -0.15) is 4.72 Å². The van der Waals surface area contributed by atoms with Gasteiger partial charge in [-0.1, -0.05) is 12.1 Å². The van der Waals surface area contributed by atoms with Crippen LogP contribution in [0.15, 0.2) is 47.6 Å². The number of hydrogen-bond acceptors (Lipinski definition) is 7. The Morgan fingerprint density at radius 3 is 2.32 bits per heavy atom. The molecule has 12 heteroatoms. The molecule has 4 rings (SSSR count). The number of piperazine rings is 1. The molecule has 184 valence electrons. The number of carbonyl (C=O) groups is 2. The maximum absolute atomic E-state index is 13.3. The molecule has 10 nitrogen and oxygen atoms in total. The van der Waals surface area contributed by atoms with Gasteiger partial charge in [-0.15, -0.1) is 12.4 Å². The van der Waals surface area contributed by atoms with Crippen LogP contribution in [0.5, 0.6) is 5.75 Å². The highest BCUT2D eigenvalue weighted by Gasteiger charge is 2.38. The van der Waals surface area contributed by atoms with Crippen molar-refractivity contribution in [3.63, 3.8) is 0 Å². The molecule has 2 aromatic rings. The van der Waals surface area contributed by atoms with Crippen LogP contribution in [0.4, 0.5) is 0 Å². The number of sulfonamides is 1. The van der Waals surface area contributed by atoms with Gasteiger partial charge in [-0.3, -0.25) is 19.5 Å². The third kappa shape index (κ3) is 5.49. The fourth-order valence-corrected chi connectivity index (χ4v) is 5.42. The van der Waals surface area contributed by atoms with Crippen molar-refractivity contribution in [2.24, 2.45) is 5.73 Å². The lowest BCUT2D eigenvalue weighted by atomic mass is 10.1. The highest BCUT2D eigenvalue weighted by Crippen LogP contribution is 2.35. The quantitative estimate of drug-likeness (QED) is 0.498. The molecule has 1 aromatic carbocycles. The predicted molar refractivity (Wildman–Crippen MR) is 128 cm³/mol. The molecule has 0 bridgehead atoms. The topological polar surface area (TPSA) is 135 Å². The van der Waals surface area contributed by atoms with Crippen molar-refractivity contribution in [2.75, 3.05) is 33.3 Å². The van der Waals surface area contributed by atoms with E-state index in [1.54, 1.807) is 36.7 Å². The number of aromatic nitrogens is 1. The molecule has 0 spiro atoms. The van der Waals surface area contributed by atoms with Gasteiger partial charge in [0, 0.05) is 50.2 Å². The number of benzene rings is 1. The Morgan fingerprint density at radius 2 is 1.76 bits per heavy atom. The average molecular weight is 510 g/mol. The molecule has 1 saturated heterocycles. The molecule has 2 amide bonds. The van der Waals surface area contributed by atoms with Gasteiger partial charge in [0.2, 0.25) is 15.9 Å². The van der Waals surface area contributed by atoms with Crippen molar-refractivity contribution in [3.8, 4) is 16.9 Å². The van der Waals surface area contributed by atoms with Crippen LogP contribution in [-0.4, -0.2) is 80.4 Å². The number of carbonyl (C=O) groups excluding carboxylic acids is 2. The minimum atomic E-state index is -4.33. The number of methoxy groups -OCH3 is 1. The molecule has 1 aliphatic heterocycles. The number of halogens is 1. The maximum Gasteiger partial charge on any atom is 0.250 e. The first-order valence-electron chi connectivity index (χ1n) is 10.7. The first-order chi connectivity index (χ1) is 15.8. The zero-order chi connectivity index (χ0) is 23.6. The maximum atomic E-state index is 13.3. The first-order valence-corrected chi connectivity index (χ1v) is 12.2. The Balaban J connectivity index is 0.00000324. The standard InChI is InChI=1S/C22H27N5O5S.ClH/c1-32-20-17(15-7-9-24-10-8-15)3-2-4-18(20)33(30,31)25-19(21(23)28)22(29)27-13-11-26(12-14-27)16-5-6-16;/h2-4,7-10,16,19,25H,5-6,11-14H2,1H3,(H2,23,28);1H/t19-;/m0./s1. The Morgan fingerprint density at radius 1 is 1.12 bits per heavy atom. The molecule has 1 aliphatic carbocycles. The van der Waals surface area contributed by atoms with Gasteiger partial charge in [-0.25, -0.2) is 8.42 Å². The number of primary amides is 1. The number of rotatable bonds is 8. The summed E-state index contributed by atoms with van der Waals surface area (Å²) in [4.78, 5) is 32.7. The second-order valence-corrected chi connectivity index (χ2v) is 9.80. The van der Waals surface area contributed by atoms with E-state index in [0.29, 0.717) is 43.3 Å². The van der Waals surface area contributed by atoms with Crippen molar-refractivity contribution in [2.45, 2.75) is 29.8 Å². The Kier molecular flexibility index (Phi) is 8.13. The number of hydrogen-bond donors (Lipinski definition) is 2. The smallest absolute Gasteiger partial charge is 0.250 e. The summed E-state index contributed by atoms with van der Waals surface area (Å²) in [6.07, 6.45) is 5.49. The van der Waals surface area contributed by atoms with E-state index < -0.39 is 27.9 Å². The van der Waals surface area contributed by atoms with Crippen LogP contribution in [0.1, 0.15) is 12.8 Å². The fourth-order valence-electron chi connectivity index (χ4n) is 4.08. The molecule has 0 radical (unpaired) electrons. The van der Waals surface area contributed by atoms with Crippen molar-refractivity contribution < 1.29 is 22.7 Å². The molecule has 2 fully saturated rings. The lowest BCUT2D eigenvalue weighted by Crippen LogP contribution is -2.58. The summed E-state index contributed by atoms with van der Waals surface area (Å²) in [7, 11) is -2.97. The van der Waals surface area contributed by atoms with Gasteiger partial charge in [0.25, 0.3) is 5.91 Å². The van der Waals surface area contributed by atoms with E-state index in [1.165, 1.54) is 18.1 Å². The number of nitrogens with two attached hydrogens (primary N) is 1. The number of amides is 2. The van der Waals surface area contributed by atoms with Gasteiger partial charge < -0.3 is 15.4 Å². The molecule has 2 aliphatic rings. The number of pyridine rings is 1. The normalized spacial score (nSPS) is 17.5. The molecular formula is C22H28ClN5O5S. The van der Waals surface area contributed by atoms with Crippen LogP contribution in [0.3, 0.4) is 0 Å². The molecule has 1 saturated carbocycles. The van der Waals surface area contributed by atoms with Crippen molar-refractivity contribution in [3.05, 3.63) is 42.7 Å². The molecule has 3 N–H and O–H groups in total. The lowest BCUT2D eigenvalue weighted by Gasteiger charge is -2.36. The highest BCUT2D eigenvalue weighted by atomic mass is 35.5. The number of para-hydroxylation sites is 1. The van der Waals surface area contributed by atoms with E-state index in [4.69, 9.17) is 10.5 Å². The van der Waals surface area contributed by atoms with Crippen molar-refractivity contribution in [1.82, 2.24) is 19.5 Å². The van der Waals surface area contributed by atoms with E-state index in [-0.39, 0.29) is 23.1 Å². The number of ether oxygens (including phenoxy) is 1. The Hall–Kier alpha value is -2.73. The molecule has 34 heavy (non-hydrogen) atoms. The van der Waals surface area contributed by atoms with Crippen LogP contribution in [0.2, 0.25) is 0 Å². The summed E-state index contributed by atoms with van der Waals surface area (Å²) in [6.45, 7) is 2.22. The van der Waals surface area contributed by atoms with Crippen molar-refractivity contribution >= 4 is 34.2 Å². The van der Waals surface area contributed by atoms with Gasteiger partial charge in [-0.05, 0) is 36.6 Å². The zero-order valence-corrected chi connectivity index (χ0v) is 20.3. The summed E-state index contributed by atoms with van der Waals surface area (Å²) in [5, 5.41) is 0. The second kappa shape index (κ2) is 10.7. The van der Waals surface area contributed by atoms with Crippen LogP contribution >= 0.6 is 12.4 Å². The molecule has 0 unspecified atom stereocenters. The number of nitrogens with one attached hydrogen (secondary N) is 1. The van der Waals surface area contributed by atoms with Crippen LogP contribution in [0.25, 0.3) is 11.1 Å². The van der Waals surface area contributed by atoms with E-state index >= 15 is 0 Å². The average Bonchev–Trinajstić information content (AvgIpc) is 3.68. The van der Waals surface area contributed by atoms with Crippen LogP contribution < -0.4 is 15.2 Å². The van der Waals surface area contributed by atoms with E-state index in [2.05, 4.69) is 14.6 Å². The summed E-state index contributed by atoms with van der Waals surface area (Å²) in [6, 6.07) is 6.93. The molecule has 1 atom stereocenters. The lowest BCUT2D eigenvalue weighted by molar-refractivity contribution is -0.139. The van der Waals surface area contributed by atoms with Gasteiger partial charge >= 0.3 is 0 Å². The summed E-state index contributed by atoms with van der Waals surface area (Å²) in [5.41, 5.74) is 6.68. The minimum absolute atomic E-state index is 0. The summed E-state index contributed by atoms with van der Waals surface area (Å²) in [5.74, 6) is -1.62. The third-order valence-electron chi connectivity index (χ3n) is 5.96. The Labute approximate surface area is 204 Å². The van der Waals surface area contributed by atoms with Crippen LogP contribution in [0, 0.1) is 0 Å². The SMILES string of the molecule is COc1c(-c2ccncc2)cccc1S(=O)(=O)N[C@@H](C(N)=O)C(=O)N1CCN(C2CC2)CC1.Cl. The number of nitrogens with zero attached hydrogens (tertiary/aromatic N) is 3. The van der Waals surface area contributed by atoms with Crippen LogP contribution in [-0.2, 0) is 19.6 Å². The van der Waals surface area contributed by atoms with Gasteiger partial charge in [0.05, 0.1) is 7.11 Å². The molecule has 1 aromatic heterocycles. The highest BCUT2D eigenvalue weighted by molar-refractivity contribution is 7.89. The fraction of sp³-hybridized carbons (Fsp3) is 0.409. The third-order valence-corrected chi connectivity index (χ3v) is 7.40.